The van der Waals surface area contributed by atoms with Gasteiger partial charge in [0.1, 0.15) is 11.4 Å². The van der Waals surface area contributed by atoms with Crippen molar-refractivity contribution in [1.82, 2.24) is 15.0 Å². The summed E-state index contributed by atoms with van der Waals surface area (Å²) >= 11 is 5.89. The van der Waals surface area contributed by atoms with E-state index in [0.717, 1.165) is 17.8 Å². The van der Waals surface area contributed by atoms with Crippen LogP contribution in [-0.2, 0) is 6.18 Å². The summed E-state index contributed by atoms with van der Waals surface area (Å²) in [6, 6.07) is 7.08. The molecule has 27 heavy (non-hydrogen) atoms. The maximum Gasteiger partial charge on any atom is 0.433 e. The lowest BCUT2D eigenvalue weighted by Gasteiger charge is -2.09. The van der Waals surface area contributed by atoms with Crippen molar-refractivity contribution >= 4 is 23.2 Å². The minimum atomic E-state index is -4.53. The smallest absolute Gasteiger partial charge is 0.320 e. The molecule has 2 heterocycles. The highest BCUT2D eigenvalue weighted by molar-refractivity contribution is 6.30. The minimum absolute atomic E-state index is 0.0155. The van der Waals surface area contributed by atoms with Gasteiger partial charge in [-0.1, -0.05) is 11.6 Å². The van der Waals surface area contributed by atoms with E-state index in [-0.39, 0.29) is 11.4 Å². The Labute approximate surface area is 157 Å². The molecule has 0 unspecified atom stereocenters. The standard InChI is InChI=1S/C18H12ClF3N4O/c1-10-6-12(19)3-4-13(10)26-17(27)15-9-23-8-14(25-15)11-2-5-16(24-7-11)18(20,21)22/h2-9H,1H3,(H,26,27). The number of anilines is 1. The Kier molecular flexibility index (Phi) is 5.09. The quantitative estimate of drug-likeness (QED) is 0.697. The van der Waals surface area contributed by atoms with Gasteiger partial charge < -0.3 is 5.32 Å². The molecule has 0 bridgehead atoms. The zero-order valence-electron chi connectivity index (χ0n) is 13.9. The van der Waals surface area contributed by atoms with Crippen LogP contribution in [0, 0.1) is 6.92 Å². The predicted octanol–water partition coefficient (Wildman–Crippen LogP) is 4.77. The highest BCUT2D eigenvalue weighted by Gasteiger charge is 2.32. The second-order valence-electron chi connectivity index (χ2n) is 5.63. The lowest BCUT2D eigenvalue weighted by molar-refractivity contribution is -0.141. The van der Waals surface area contributed by atoms with Gasteiger partial charge >= 0.3 is 6.18 Å². The average molecular weight is 393 g/mol. The van der Waals surface area contributed by atoms with Gasteiger partial charge in [0.2, 0.25) is 0 Å². The molecule has 1 amide bonds. The number of amides is 1. The van der Waals surface area contributed by atoms with Crippen LogP contribution in [0.2, 0.25) is 5.02 Å². The highest BCUT2D eigenvalue weighted by atomic mass is 35.5. The fourth-order valence-corrected chi connectivity index (χ4v) is 2.51. The lowest BCUT2D eigenvalue weighted by Crippen LogP contribution is -2.15. The van der Waals surface area contributed by atoms with E-state index in [2.05, 4.69) is 20.3 Å². The maximum atomic E-state index is 12.6. The Balaban J connectivity index is 1.83. The third-order valence-corrected chi connectivity index (χ3v) is 3.89. The van der Waals surface area contributed by atoms with Crippen LogP contribution in [0.3, 0.4) is 0 Å². The SMILES string of the molecule is Cc1cc(Cl)ccc1NC(=O)c1cncc(-c2ccc(C(F)(F)F)nc2)n1. The maximum absolute atomic E-state index is 12.6. The first kappa shape index (κ1) is 18.8. The Morgan fingerprint density at radius 3 is 2.52 bits per heavy atom. The molecular formula is C18H12ClF3N4O. The number of hydrogen-bond donors (Lipinski definition) is 1. The number of aryl methyl sites for hydroxylation is 1. The molecule has 0 aliphatic rings. The number of carbonyl (C=O) groups excluding carboxylic acids is 1. The van der Waals surface area contributed by atoms with E-state index in [1.165, 1.54) is 18.5 Å². The van der Waals surface area contributed by atoms with Gasteiger partial charge in [-0.2, -0.15) is 13.2 Å². The van der Waals surface area contributed by atoms with Gasteiger partial charge in [-0.25, -0.2) is 4.98 Å². The average Bonchev–Trinajstić information content (AvgIpc) is 2.63. The Morgan fingerprint density at radius 2 is 1.89 bits per heavy atom. The second-order valence-corrected chi connectivity index (χ2v) is 6.07. The fourth-order valence-electron chi connectivity index (χ4n) is 2.28. The van der Waals surface area contributed by atoms with Crippen molar-refractivity contribution in [2.24, 2.45) is 0 Å². The summed E-state index contributed by atoms with van der Waals surface area (Å²) in [7, 11) is 0. The molecule has 0 saturated heterocycles. The van der Waals surface area contributed by atoms with E-state index in [9.17, 15) is 18.0 Å². The number of carbonyl (C=O) groups is 1. The van der Waals surface area contributed by atoms with Crippen molar-refractivity contribution in [3.63, 3.8) is 0 Å². The summed E-state index contributed by atoms with van der Waals surface area (Å²) in [5.41, 5.74) is 0.886. The van der Waals surface area contributed by atoms with Gasteiger partial charge in [0, 0.05) is 22.5 Å². The lowest BCUT2D eigenvalue weighted by atomic mass is 10.2. The van der Waals surface area contributed by atoms with Crippen LogP contribution in [0.15, 0.2) is 48.9 Å². The molecule has 0 radical (unpaired) electrons. The topological polar surface area (TPSA) is 67.8 Å². The zero-order chi connectivity index (χ0) is 19.6. The molecule has 0 aliphatic heterocycles. The molecule has 138 valence electrons. The molecule has 1 N–H and O–H groups in total. The summed E-state index contributed by atoms with van der Waals surface area (Å²) in [6.45, 7) is 1.79. The number of nitrogens with zero attached hydrogens (tertiary/aromatic N) is 3. The van der Waals surface area contributed by atoms with Crippen LogP contribution in [0.1, 0.15) is 21.7 Å². The molecule has 2 aromatic heterocycles. The highest BCUT2D eigenvalue weighted by Crippen LogP contribution is 2.28. The molecule has 9 heteroatoms. The molecule has 0 spiro atoms. The van der Waals surface area contributed by atoms with E-state index in [1.54, 1.807) is 25.1 Å². The van der Waals surface area contributed by atoms with Crippen LogP contribution in [0.5, 0.6) is 0 Å². The fraction of sp³-hybridized carbons (Fsp3) is 0.111. The molecule has 0 aliphatic carbocycles. The van der Waals surface area contributed by atoms with Crippen LogP contribution < -0.4 is 5.32 Å². The van der Waals surface area contributed by atoms with E-state index in [0.29, 0.717) is 16.3 Å². The van der Waals surface area contributed by atoms with Crippen molar-refractivity contribution in [2.75, 3.05) is 5.32 Å². The van der Waals surface area contributed by atoms with E-state index in [1.807, 2.05) is 0 Å². The second kappa shape index (κ2) is 7.32. The molecule has 5 nitrogen and oxygen atoms in total. The van der Waals surface area contributed by atoms with Crippen LogP contribution >= 0.6 is 11.6 Å². The first-order valence-electron chi connectivity index (χ1n) is 7.67. The number of nitrogens with one attached hydrogen (secondary N) is 1. The van der Waals surface area contributed by atoms with Gasteiger partial charge in [0.15, 0.2) is 0 Å². The van der Waals surface area contributed by atoms with Crippen LogP contribution in [0.4, 0.5) is 18.9 Å². The Hall–Kier alpha value is -3.00. The van der Waals surface area contributed by atoms with Gasteiger partial charge in [-0.15, -0.1) is 0 Å². The summed E-state index contributed by atoms with van der Waals surface area (Å²) < 4.78 is 37.8. The van der Waals surface area contributed by atoms with Gasteiger partial charge in [-0.05, 0) is 42.8 Å². The summed E-state index contributed by atoms with van der Waals surface area (Å²) in [4.78, 5) is 23.9. The number of hydrogen-bond acceptors (Lipinski definition) is 4. The monoisotopic (exact) mass is 392 g/mol. The Morgan fingerprint density at radius 1 is 1.11 bits per heavy atom. The zero-order valence-corrected chi connectivity index (χ0v) is 14.6. The van der Waals surface area contributed by atoms with E-state index >= 15 is 0 Å². The minimum Gasteiger partial charge on any atom is -0.320 e. The van der Waals surface area contributed by atoms with Crippen LogP contribution in [0.25, 0.3) is 11.3 Å². The first-order chi connectivity index (χ1) is 12.7. The predicted molar refractivity (Wildman–Crippen MR) is 94.4 cm³/mol. The molecule has 3 rings (SSSR count). The van der Waals surface area contributed by atoms with Crippen molar-refractivity contribution in [3.05, 3.63) is 70.9 Å². The van der Waals surface area contributed by atoms with Crippen LogP contribution in [-0.4, -0.2) is 20.9 Å². The number of alkyl halides is 3. The summed E-state index contributed by atoms with van der Waals surface area (Å²) in [6.07, 6.45) is -0.879. The molecular weight excluding hydrogens is 381 g/mol. The third-order valence-electron chi connectivity index (χ3n) is 3.65. The van der Waals surface area contributed by atoms with Gasteiger partial charge in [0.25, 0.3) is 5.91 Å². The molecule has 1 aromatic carbocycles. The molecule has 0 atom stereocenters. The van der Waals surface area contributed by atoms with Crippen molar-refractivity contribution < 1.29 is 18.0 Å². The molecule has 0 saturated carbocycles. The number of aromatic nitrogens is 3. The van der Waals surface area contributed by atoms with Crippen molar-refractivity contribution in [2.45, 2.75) is 13.1 Å². The van der Waals surface area contributed by atoms with E-state index in [4.69, 9.17) is 11.6 Å². The number of benzene rings is 1. The number of rotatable bonds is 3. The summed E-state index contributed by atoms with van der Waals surface area (Å²) in [5.74, 6) is -0.505. The molecule has 0 fully saturated rings. The van der Waals surface area contributed by atoms with Gasteiger partial charge in [0.05, 0.1) is 18.1 Å². The molecule has 3 aromatic rings. The van der Waals surface area contributed by atoms with Crippen molar-refractivity contribution in [1.29, 1.82) is 0 Å². The van der Waals surface area contributed by atoms with E-state index < -0.39 is 17.8 Å². The third kappa shape index (κ3) is 4.40. The first-order valence-corrected chi connectivity index (χ1v) is 8.05. The normalized spacial score (nSPS) is 11.3. The largest absolute Gasteiger partial charge is 0.433 e. The Bertz CT molecular complexity index is 991. The number of halogens is 4. The number of pyridine rings is 1. The summed E-state index contributed by atoms with van der Waals surface area (Å²) in [5, 5.41) is 3.24. The van der Waals surface area contributed by atoms with Crippen molar-refractivity contribution in [3.8, 4) is 11.3 Å². The van der Waals surface area contributed by atoms with Gasteiger partial charge in [-0.3, -0.25) is 14.8 Å².